The molecule has 2 aromatic carbocycles. The van der Waals surface area contributed by atoms with Gasteiger partial charge >= 0.3 is 12.1 Å². The summed E-state index contributed by atoms with van der Waals surface area (Å²) < 4.78 is 4.40. The molecule has 2 aromatic rings. The van der Waals surface area contributed by atoms with Crippen LogP contribution in [0.1, 0.15) is 52.7 Å². The minimum Gasteiger partial charge on any atom is -0.481 e. The van der Waals surface area contributed by atoms with Crippen LogP contribution in [0.4, 0.5) is 10.5 Å². The van der Waals surface area contributed by atoms with Gasteiger partial charge in [0.05, 0.1) is 13.5 Å². The number of rotatable bonds is 5. The largest absolute Gasteiger partial charge is 0.481 e. The first-order valence-electron chi connectivity index (χ1n) is 10.1. The molecule has 162 valence electrons. The average Bonchev–Trinajstić information content (AvgIpc) is 2.73. The molecule has 0 heterocycles. The van der Waals surface area contributed by atoms with Gasteiger partial charge in [0.2, 0.25) is 0 Å². The van der Waals surface area contributed by atoms with Crippen molar-refractivity contribution in [3.05, 3.63) is 65.7 Å². The molecule has 0 aliphatic carbocycles. The van der Waals surface area contributed by atoms with Gasteiger partial charge in [-0.15, -0.1) is 0 Å². The fourth-order valence-corrected chi connectivity index (χ4v) is 2.22. The monoisotopic (exact) mass is 403 g/mol. The highest BCUT2D eigenvalue weighted by molar-refractivity contribution is 5.84. The highest BCUT2D eigenvalue weighted by Crippen LogP contribution is 2.14. The number of hydrogen-bond donors (Lipinski definition) is 2. The molecule has 2 rings (SSSR count). The second-order valence-corrected chi connectivity index (χ2v) is 5.92. The Labute approximate surface area is 176 Å². The van der Waals surface area contributed by atoms with Crippen molar-refractivity contribution >= 4 is 17.7 Å². The van der Waals surface area contributed by atoms with Gasteiger partial charge < -0.3 is 9.84 Å². The number of para-hydroxylation sites is 1. The third-order valence-corrected chi connectivity index (χ3v) is 3.29. The molecule has 5 heteroatoms. The van der Waals surface area contributed by atoms with Gasteiger partial charge in [-0.2, -0.15) is 0 Å². The molecule has 0 bridgehead atoms. The van der Waals surface area contributed by atoms with Gasteiger partial charge in [-0.25, -0.2) is 4.79 Å². The zero-order valence-corrected chi connectivity index (χ0v) is 18.9. The molecule has 29 heavy (non-hydrogen) atoms. The van der Waals surface area contributed by atoms with Gasteiger partial charge in [-0.05, 0) is 35.6 Å². The maximum absolute atomic E-state index is 10.6. The number of carbonyl (C=O) groups excluding carboxylic acids is 1. The molecular weight excluding hydrogens is 366 g/mol. The van der Waals surface area contributed by atoms with Gasteiger partial charge in [0, 0.05) is 5.69 Å². The first-order valence-corrected chi connectivity index (χ1v) is 10.1. The maximum atomic E-state index is 10.6. The topological polar surface area (TPSA) is 75.6 Å². The van der Waals surface area contributed by atoms with Gasteiger partial charge in [0.1, 0.15) is 0 Å². The lowest BCUT2D eigenvalue weighted by molar-refractivity contribution is -0.136. The molecular formula is C24H37NO4. The zero-order valence-electron chi connectivity index (χ0n) is 18.9. The van der Waals surface area contributed by atoms with Crippen LogP contribution in [-0.2, 0) is 22.4 Å². The van der Waals surface area contributed by atoms with E-state index in [1.54, 1.807) is 12.1 Å². The summed E-state index contributed by atoms with van der Waals surface area (Å²) in [5.74, 6) is -0.203. The standard InChI is InChI=1S/C12H16O2.C8H9NO2.2C2H6/c1-9(2)7-10-5-3-4-6-11(10)8-12(13)14;1-11-8(10)9-7-5-3-2-4-6-7;2*1-2/h3-6,9H,7-8H2,1-2H3,(H,13,14);2-6H,1H3,(H,9,10);2*1-2H3. The number of carbonyl (C=O) groups is 2. The van der Waals surface area contributed by atoms with E-state index in [1.165, 1.54) is 7.11 Å². The molecule has 0 atom stereocenters. The van der Waals surface area contributed by atoms with Crippen LogP contribution in [0.2, 0.25) is 0 Å². The number of carboxylic acid groups (broad SMARTS) is 1. The van der Waals surface area contributed by atoms with Crippen LogP contribution < -0.4 is 5.32 Å². The second-order valence-electron chi connectivity index (χ2n) is 5.92. The smallest absolute Gasteiger partial charge is 0.411 e. The van der Waals surface area contributed by atoms with Crippen LogP contribution in [0.25, 0.3) is 0 Å². The number of aliphatic carboxylic acids is 1. The summed E-state index contributed by atoms with van der Waals surface area (Å²) in [5, 5.41) is 11.3. The summed E-state index contributed by atoms with van der Waals surface area (Å²) in [7, 11) is 1.33. The molecule has 0 radical (unpaired) electrons. The summed E-state index contributed by atoms with van der Waals surface area (Å²) >= 11 is 0. The lowest BCUT2D eigenvalue weighted by atomic mass is 9.96. The van der Waals surface area contributed by atoms with E-state index in [0.717, 1.165) is 23.2 Å². The molecule has 5 nitrogen and oxygen atoms in total. The number of hydrogen-bond acceptors (Lipinski definition) is 3. The molecule has 0 saturated heterocycles. The number of nitrogens with one attached hydrogen (secondary N) is 1. The third kappa shape index (κ3) is 14.9. The normalized spacial score (nSPS) is 8.83. The molecule has 0 fully saturated rings. The number of ether oxygens (including phenoxy) is 1. The van der Waals surface area contributed by atoms with Crippen LogP contribution in [-0.4, -0.2) is 24.3 Å². The molecule has 0 saturated carbocycles. The van der Waals surface area contributed by atoms with E-state index in [9.17, 15) is 9.59 Å². The second kappa shape index (κ2) is 18.5. The van der Waals surface area contributed by atoms with E-state index in [-0.39, 0.29) is 6.42 Å². The lowest BCUT2D eigenvalue weighted by Crippen LogP contribution is -2.10. The fraction of sp³-hybridized carbons (Fsp3) is 0.417. The van der Waals surface area contributed by atoms with Crippen molar-refractivity contribution in [1.82, 2.24) is 0 Å². The lowest BCUT2D eigenvalue weighted by Gasteiger charge is -2.09. The molecule has 0 aliphatic heterocycles. The van der Waals surface area contributed by atoms with E-state index >= 15 is 0 Å². The Kier molecular flexibility index (Phi) is 18.1. The maximum Gasteiger partial charge on any atom is 0.411 e. The minimum atomic E-state index is -0.763. The first kappa shape index (κ1) is 28.4. The Morgan fingerprint density at radius 1 is 0.897 bits per heavy atom. The molecule has 0 aliphatic rings. The fourth-order valence-electron chi connectivity index (χ4n) is 2.22. The van der Waals surface area contributed by atoms with Crippen molar-refractivity contribution < 1.29 is 19.4 Å². The van der Waals surface area contributed by atoms with Crippen molar-refractivity contribution in [2.45, 2.75) is 54.4 Å². The summed E-state index contributed by atoms with van der Waals surface area (Å²) in [6, 6.07) is 16.9. The van der Waals surface area contributed by atoms with Gasteiger partial charge in [0.15, 0.2) is 0 Å². The quantitative estimate of drug-likeness (QED) is 0.603. The van der Waals surface area contributed by atoms with E-state index in [4.69, 9.17) is 5.11 Å². The Bertz CT molecular complexity index is 670. The molecule has 0 unspecified atom stereocenters. The summed E-state index contributed by atoms with van der Waals surface area (Å²) in [6.07, 6.45) is 0.628. The number of amides is 1. The van der Waals surface area contributed by atoms with E-state index in [2.05, 4.69) is 23.9 Å². The van der Waals surface area contributed by atoms with E-state index < -0.39 is 12.1 Å². The van der Waals surface area contributed by atoms with Crippen LogP contribution in [0, 0.1) is 5.92 Å². The van der Waals surface area contributed by atoms with Gasteiger partial charge in [0.25, 0.3) is 0 Å². The number of carboxylic acids is 1. The van der Waals surface area contributed by atoms with Crippen molar-refractivity contribution in [3.8, 4) is 0 Å². The van der Waals surface area contributed by atoms with Crippen LogP contribution >= 0.6 is 0 Å². The van der Waals surface area contributed by atoms with E-state index in [1.807, 2.05) is 70.2 Å². The van der Waals surface area contributed by atoms with Crippen LogP contribution in [0.15, 0.2) is 54.6 Å². The van der Waals surface area contributed by atoms with Crippen LogP contribution in [0.5, 0.6) is 0 Å². The first-order chi connectivity index (χ1) is 13.9. The highest BCUT2D eigenvalue weighted by Gasteiger charge is 2.07. The molecule has 0 spiro atoms. The van der Waals surface area contributed by atoms with Gasteiger partial charge in [-0.3, -0.25) is 10.1 Å². The molecule has 1 amide bonds. The van der Waals surface area contributed by atoms with Gasteiger partial charge in [-0.1, -0.05) is 84.0 Å². The highest BCUT2D eigenvalue weighted by atomic mass is 16.5. The average molecular weight is 404 g/mol. The Morgan fingerprint density at radius 3 is 1.83 bits per heavy atom. The zero-order chi connectivity index (χ0) is 22.7. The molecule has 0 aromatic heterocycles. The summed E-state index contributed by atoms with van der Waals surface area (Å²) in [5.41, 5.74) is 2.83. The van der Waals surface area contributed by atoms with Crippen molar-refractivity contribution in [2.75, 3.05) is 12.4 Å². The van der Waals surface area contributed by atoms with Crippen molar-refractivity contribution in [3.63, 3.8) is 0 Å². The van der Waals surface area contributed by atoms with Crippen LogP contribution in [0.3, 0.4) is 0 Å². The summed E-state index contributed by atoms with van der Waals surface area (Å²) in [4.78, 5) is 21.3. The third-order valence-electron chi connectivity index (χ3n) is 3.29. The number of anilines is 1. The van der Waals surface area contributed by atoms with Crippen molar-refractivity contribution in [2.24, 2.45) is 5.92 Å². The molecule has 2 N–H and O–H groups in total. The number of benzene rings is 2. The SMILES string of the molecule is CC.CC.CC(C)Cc1ccccc1CC(=O)O.COC(=O)Nc1ccccc1. The van der Waals surface area contributed by atoms with Crippen molar-refractivity contribution in [1.29, 1.82) is 0 Å². The Hall–Kier alpha value is -2.82. The predicted molar refractivity (Wildman–Crippen MR) is 121 cm³/mol. The minimum absolute atomic E-state index is 0.128. The summed E-state index contributed by atoms with van der Waals surface area (Å²) in [6.45, 7) is 12.3. The number of methoxy groups -OCH3 is 1. The predicted octanol–water partition coefficient (Wildman–Crippen LogP) is 6.43. The Morgan fingerprint density at radius 2 is 1.38 bits per heavy atom. The van der Waals surface area contributed by atoms with E-state index in [0.29, 0.717) is 5.92 Å². The Balaban J connectivity index is 0.